The standard InChI is InChI=1S/C28H39NO9/c1-27(2,11-7-5-6-8-12-37-29(35)36)17-13-22(31)26(23(14-17)38-25(34)10-9-24(32)33)18-15-21(30)20-16-19(18)28(20,3)4/h13-14,18-20,31H,5-12,15-16H2,1-4H3,(H,32,33)/t18-,19-,20+/m0/s1. The van der Waals surface area contributed by atoms with Crippen molar-refractivity contribution in [2.45, 2.75) is 96.8 Å². The van der Waals surface area contributed by atoms with Crippen LogP contribution in [0, 0.1) is 27.4 Å². The summed E-state index contributed by atoms with van der Waals surface area (Å²) in [5.74, 6) is -1.60. The number of ether oxygens (including phenoxy) is 1. The summed E-state index contributed by atoms with van der Waals surface area (Å²) < 4.78 is 5.68. The smallest absolute Gasteiger partial charge is 0.311 e. The molecule has 3 aliphatic rings. The van der Waals surface area contributed by atoms with Gasteiger partial charge in [0.25, 0.3) is 5.09 Å². The Bertz CT molecular complexity index is 1080. The van der Waals surface area contributed by atoms with E-state index in [0.717, 1.165) is 37.7 Å². The van der Waals surface area contributed by atoms with E-state index in [1.807, 2.05) is 13.8 Å². The van der Waals surface area contributed by atoms with Crippen molar-refractivity contribution in [3.05, 3.63) is 33.4 Å². The SMILES string of the molecule is CC(C)(CCCCCCO[N+](=O)[O-])c1cc(O)c([C@H]2CC(=O)[C@H]3C[C@@H]2C3(C)C)c(OC(=O)CCC(=O)O)c1. The molecule has 4 rings (SSSR count). The lowest BCUT2D eigenvalue weighted by Crippen LogP contribution is -2.56. The molecule has 3 fully saturated rings. The van der Waals surface area contributed by atoms with Crippen LogP contribution in [0.25, 0.3) is 0 Å². The van der Waals surface area contributed by atoms with E-state index in [-0.39, 0.29) is 66.3 Å². The minimum atomic E-state index is -1.11. The molecule has 10 nitrogen and oxygen atoms in total. The number of aromatic hydroxyl groups is 1. The zero-order chi connectivity index (χ0) is 28.3. The van der Waals surface area contributed by atoms with Crippen molar-refractivity contribution < 1.29 is 39.3 Å². The van der Waals surface area contributed by atoms with Gasteiger partial charge in [0.05, 0.1) is 19.4 Å². The highest BCUT2D eigenvalue weighted by Crippen LogP contribution is 2.64. The summed E-state index contributed by atoms with van der Waals surface area (Å²) in [6.45, 7) is 8.25. The van der Waals surface area contributed by atoms with Crippen molar-refractivity contribution in [3.63, 3.8) is 0 Å². The molecule has 2 bridgehead atoms. The van der Waals surface area contributed by atoms with Gasteiger partial charge in [0.15, 0.2) is 0 Å². The topological polar surface area (TPSA) is 153 Å². The first-order valence-electron chi connectivity index (χ1n) is 13.3. The summed E-state index contributed by atoms with van der Waals surface area (Å²) >= 11 is 0. The second-order valence-corrected chi connectivity index (χ2v) is 11.9. The second kappa shape index (κ2) is 11.7. The van der Waals surface area contributed by atoms with Gasteiger partial charge in [0, 0.05) is 23.8 Å². The number of hydrogen-bond donors (Lipinski definition) is 2. The van der Waals surface area contributed by atoms with E-state index in [0.29, 0.717) is 12.0 Å². The van der Waals surface area contributed by atoms with Crippen LogP contribution in [0.4, 0.5) is 0 Å². The molecule has 0 unspecified atom stereocenters. The van der Waals surface area contributed by atoms with Gasteiger partial charge < -0.3 is 19.8 Å². The molecule has 0 radical (unpaired) electrons. The van der Waals surface area contributed by atoms with Gasteiger partial charge in [0.2, 0.25) is 0 Å². The number of fused-ring (bicyclic) bond motifs is 2. The highest BCUT2D eigenvalue weighted by atomic mass is 16.9. The van der Waals surface area contributed by atoms with Crippen molar-refractivity contribution >= 4 is 17.7 Å². The van der Waals surface area contributed by atoms with Crippen molar-refractivity contribution in [1.82, 2.24) is 0 Å². The number of carbonyl (C=O) groups is 3. The number of unbranched alkanes of at least 4 members (excludes halogenated alkanes) is 3. The molecule has 1 aromatic rings. The number of esters is 1. The Hall–Kier alpha value is -3.17. The van der Waals surface area contributed by atoms with Gasteiger partial charge >= 0.3 is 11.9 Å². The zero-order valence-electron chi connectivity index (χ0n) is 22.7. The number of benzene rings is 1. The summed E-state index contributed by atoms with van der Waals surface area (Å²) in [7, 11) is 0. The van der Waals surface area contributed by atoms with Gasteiger partial charge in [-0.25, -0.2) is 0 Å². The summed E-state index contributed by atoms with van der Waals surface area (Å²) in [6, 6.07) is 3.44. The second-order valence-electron chi connectivity index (χ2n) is 11.9. The number of ketones is 1. The highest BCUT2D eigenvalue weighted by molar-refractivity contribution is 5.86. The fourth-order valence-electron chi connectivity index (χ4n) is 6.14. The van der Waals surface area contributed by atoms with Gasteiger partial charge in [-0.15, -0.1) is 10.1 Å². The van der Waals surface area contributed by atoms with E-state index in [4.69, 9.17) is 9.84 Å². The molecule has 0 aliphatic heterocycles. The van der Waals surface area contributed by atoms with Crippen LogP contribution in [0.5, 0.6) is 11.5 Å². The Morgan fingerprint density at radius 2 is 1.84 bits per heavy atom. The first kappa shape index (κ1) is 29.4. The average molecular weight is 534 g/mol. The minimum Gasteiger partial charge on any atom is -0.508 e. The number of nitrogens with zero attached hydrogens (tertiary/aromatic N) is 1. The van der Waals surface area contributed by atoms with Crippen LogP contribution in [0.2, 0.25) is 0 Å². The van der Waals surface area contributed by atoms with Crippen LogP contribution >= 0.6 is 0 Å². The van der Waals surface area contributed by atoms with E-state index in [2.05, 4.69) is 18.7 Å². The number of hydrogen-bond acceptors (Lipinski definition) is 8. The lowest BCUT2D eigenvalue weighted by atomic mass is 9.44. The molecule has 0 aromatic heterocycles. The zero-order valence-corrected chi connectivity index (χ0v) is 22.7. The Labute approximate surface area is 222 Å². The van der Waals surface area contributed by atoms with Gasteiger partial charge in [0.1, 0.15) is 17.3 Å². The normalized spacial score (nSPS) is 21.9. The molecule has 1 aromatic carbocycles. The molecule has 38 heavy (non-hydrogen) atoms. The van der Waals surface area contributed by atoms with Crippen LogP contribution < -0.4 is 4.74 Å². The third kappa shape index (κ3) is 6.63. The van der Waals surface area contributed by atoms with Crippen molar-refractivity contribution in [2.75, 3.05) is 6.61 Å². The lowest BCUT2D eigenvalue weighted by Gasteiger charge is -2.59. The van der Waals surface area contributed by atoms with E-state index < -0.39 is 22.4 Å². The van der Waals surface area contributed by atoms with E-state index in [9.17, 15) is 29.6 Å². The first-order valence-corrected chi connectivity index (χ1v) is 13.3. The molecular weight excluding hydrogens is 494 g/mol. The molecule has 3 aliphatic carbocycles. The van der Waals surface area contributed by atoms with Gasteiger partial charge in [-0.05, 0) is 53.7 Å². The lowest BCUT2D eigenvalue weighted by molar-refractivity contribution is -0.757. The third-order valence-corrected chi connectivity index (χ3v) is 8.57. The summed E-state index contributed by atoms with van der Waals surface area (Å²) in [5.41, 5.74) is 0.617. The van der Waals surface area contributed by atoms with Crippen LogP contribution in [0.3, 0.4) is 0 Å². The Morgan fingerprint density at radius 3 is 2.45 bits per heavy atom. The molecule has 3 saturated carbocycles. The Morgan fingerprint density at radius 1 is 1.16 bits per heavy atom. The molecular formula is C28H39NO9. The van der Waals surface area contributed by atoms with Crippen LogP contribution in [0.1, 0.15) is 103 Å². The molecule has 0 heterocycles. The van der Waals surface area contributed by atoms with E-state index in [1.165, 1.54) is 0 Å². The largest absolute Gasteiger partial charge is 0.508 e. The van der Waals surface area contributed by atoms with Gasteiger partial charge in [-0.1, -0.05) is 47.0 Å². The molecule has 2 N–H and O–H groups in total. The van der Waals surface area contributed by atoms with E-state index in [1.54, 1.807) is 12.1 Å². The first-order chi connectivity index (χ1) is 17.7. The van der Waals surface area contributed by atoms with Crippen molar-refractivity contribution in [1.29, 1.82) is 0 Å². The number of carboxylic acids is 1. The molecule has 210 valence electrons. The van der Waals surface area contributed by atoms with Crippen LogP contribution in [0.15, 0.2) is 12.1 Å². The number of rotatable bonds is 14. The fraction of sp³-hybridized carbons (Fsp3) is 0.679. The van der Waals surface area contributed by atoms with Gasteiger partial charge in [-0.2, -0.15) is 0 Å². The maximum absolute atomic E-state index is 12.8. The summed E-state index contributed by atoms with van der Waals surface area (Å²) in [4.78, 5) is 50.9. The molecule has 0 amide bonds. The predicted molar refractivity (Wildman–Crippen MR) is 137 cm³/mol. The van der Waals surface area contributed by atoms with Crippen LogP contribution in [-0.2, 0) is 24.6 Å². The fourth-order valence-corrected chi connectivity index (χ4v) is 6.14. The summed E-state index contributed by atoms with van der Waals surface area (Å²) in [6.07, 6.45) is 4.18. The maximum Gasteiger partial charge on any atom is 0.311 e. The number of Topliss-reactive ketones (excluding diaryl/α,β-unsaturated/α-hetero) is 1. The highest BCUT2D eigenvalue weighted by Gasteiger charge is 2.59. The Kier molecular flexibility index (Phi) is 9.05. The minimum absolute atomic E-state index is 0.0109. The molecule has 0 saturated heterocycles. The Balaban J connectivity index is 1.82. The summed E-state index contributed by atoms with van der Waals surface area (Å²) in [5, 5.41) is 29.7. The number of phenolic OH excluding ortho intramolecular Hbond substituents is 1. The molecule has 3 atom stereocenters. The number of carbonyl (C=O) groups excluding carboxylic acids is 2. The van der Waals surface area contributed by atoms with E-state index >= 15 is 0 Å². The molecule has 0 spiro atoms. The van der Waals surface area contributed by atoms with Gasteiger partial charge in [-0.3, -0.25) is 14.4 Å². The predicted octanol–water partition coefficient (Wildman–Crippen LogP) is 5.32. The van der Waals surface area contributed by atoms with Crippen molar-refractivity contribution in [2.24, 2.45) is 17.3 Å². The number of aliphatic carboxylic acids is 1. The van der Waals surface area contributed by atoms with Crippen LogP contribution in [-0.4, -0.2) is 39.6 Å². The maximum atomic E-state index is 12.8. The van der Waals surface area contributed by atoms with Crippen molar-refractivity contribution in [3.8, 4) is 11.5 Å². The average Bonchev–Trinajstić information content (AvgIpc) is 2.80. The quantitative estimate of drug-likeness (QED) is 0.106. The molecule has 10 heteroatoms. The third-order valence-electron chi connectivity index (χ3n) is 8.57. The number of phenols is 1. The monoisotopic (exact) mass is 533 g/mol. The number of carboxylic acid groups (broad SMARTS) is 1.